The number of nitrogens with zero attached hydrogens (tertiary/aromatic N) is 1. The molecule has 5 nitrogen and oxygen atoms in total. The van der Waals surface area contributed by atoms with Crippen molar-refractivity contribution >= 4 is 0 Å². The zero-order valence-electron chi connectivity index (χ0n) is 10.4. The Hall–Kier alpha value is -1.36. The van der Waals surface area contributed by atoms with E-state index >= 15 is 0 Å². The molecule has 1 saturated heterocycles. The van der Waals surface area contributed by atoms with Gasteiger partial charge in [-0.2, -0.15) is 4.98 Å². The second kappa shape index (κ2) is 5.10. The number of H-pyrrole nitrogens is 1. The number of aromatic amines is 1. The quantitative estimate of drug-likeness (QED) is 0.836. The van der Waals surface area contributed by atoms with E-state index in [-0.39, 0.29) is 5.56 Å². The lowest BCUT2D eigenvalue weighted by atomic mass is 9.99. The van der Waals surface area contributed by atoms with Gasteiger partial charge in [-0.25, -0.2) is 0 Å². The Balaban J connectivity index is 1.62. The minimum absolute atomic E-state index is 0.104. The summed E-state index contributed by atoms with van der Waals surface area (Å²) in [4.78, 5) is 18.7. The van der Waals surface area contributed by atoms with E-state index < -0.39 is 0 Å². The van der Waals surface area contributed by atoms with Crippen LogP contribution in [0.25, 0.3) is 0 Å². The molecule has 0 bridgehead atoms. The van der Waals surface area contributed by atoms with Gasteiger partial charge in [-0.05, 0) is 44.7 Å². The molecule has 5 heteroatoms. The predicted octanol–water partition coefficient (Wildman–Crippen LogP) is 1.03. The topological polar surface area (TPSA) is 67.0 Å². The molecule has 0 spiro atoms. The summed E-state index contributed by atoms with van der Waals surface area (Å²) in [5, 5.41) is 3.33. The summed E-state index contributed by atoms with van der Waals surface area (Å²) in [6.07, 6.45) is 4.53. The van der Waals surface area contributed by atoms with Gasteiger partial charge in [0.25, 0.3) is 5.56 Å². The predicted molar refractivity (Wildman–Crippen MR) is 67.9 cm³/mol. The molecule has 1 aromatic heterocycles. The molecule has 2 aliphatic rings. The summed E-state index contributed by atoms with van der Waals surface area (Å²) in [7, 11) is 0. The molecule has 0 amide bonds. The summed E-state index contributed by atoms with van der Waals surface area (Å²) in [6.45, 7) is 2.79. The molecule has 0 radical (unpaired) electrons. The Morgan fingerprint density at radius 1 is 1.28 bits per heavy atom. The molecule has 2 N–H and O–H groups in total. The third-order valence-corrected chi connectivity index (χ3v) is 3.63. The summed E-state index contributed by atoms with van der Waals surface area (Å²) >= 11 is 0. The lowest BCUT2D eigenvalue weighted by Crippen LogP contribution is -2.30. The molecule has 2 fully saturated rings. The lowest BCUT2D eigenvalue weighted by Gasteiger charge is -2.22. The molecule has 1 aromatic rings. The monoisotopic (exact) mass is 249 g/mol. The normalized spacial score (nSPS) is 20.9. The molecule has 18 heavy (non-hydrogen) atoms. The van der Waals surface area contributed by atoms with Crippen LogP contribution in [0, 0.1) is 5.92 Å². The molecule has 3 rings (SSSR count). The number of aromatic nitrogens is 2. The average Bonchev–Trinajstić information content (AvgIpc) is 3.21. The fraction of sp³-hybridized carbons (Fsp3) is 0.692. The van der Waals surface area contributed by atoms with Crippen molar-refractivity contribution in [2.24, 2.45) is 5.92 Å². The Bertz CT molecular complexity index is 462. The maximum Gasteiger partial charge on any atom is 0.254 e. The highest BCUT2D eigenvalue weighted by molar-refractivity contribution is 5.14. The Morgan fingerprint density at radius 3 is 2.78 bits per heavy atom. The van der Waals surface area contributed by atoms with Crippen LogP contribution in [0.3, 0.4) is 0 Å². The molecule has 0 atom stereocenters. The smallest absolute Gasteiger partial charge is 0.254 e. The third-order valence-electron chi connectivity index (χ3n) is 3.63. The van der Waals surface area contributed by atoms with Gasteiger partial charge in [0.15, 0.2) is 0 Å². The molecule has 0 aromatic carbocycles. The first-order chi connectivity index (χ1) is 8.81. The van der Waals surface area contributed by atoms with Gasteiger partial charge < -0.3 is 15.0 Å². The van der Waals surface area contributed by atoms with E-state index in [0.717, 1.165) is 44.6 Å². The summed E-state index contributed by atoms with van der Waals surface area (Å²) in [5.41, 5.74) is -0.104. The van der Waals surface area contributed by atoms with Crippen LogP contribution in [0.4, 0.5) is 0 Å². The summed E-state index contributed by atoms with van der Waals surface area (Å²) in [5.74, 6) is 2.30. The molecule has 2 heterocycles. The average molecular weight is 249 g/mol. The van der Waals surface area contributed by atoms with Crippen LogP contribution in [0.15, 0.2) is 10.9 Å². The highest BCUT2D eigenvalue weighted by Crippen LogP contribution is 2.37. The van der Waals surface area contributed by atoms with Crippen molar-refractivity contribution < 1.29 is 4.74 Å². The van der Waals surface area contributed by atoms with Gasteiger partial charge in [0.1, 0.15) is 5.82 Å². The molecular weight excluding hydrogens is 230 g/mol. The van der Waals surface area contributed by atoms with Crippen molar-refractivity contribution in [2.45, 2.75) is 31.6 Å². The van der Waals surface area contributed by atoms with E-state index in [1.165, 1.54) is 6.07 Å². The van der Waals surface area contributed by atoms with Gasteiger partial charge in [0.2, 0.25) is 5.88 Å². The standard InChI is InChI=1S/C13H19N3O2/c17-11-7-12(16-13(15-11)10-1-2-10)18-8-9-3-5-14-6-4-9/h7,9-10,14H,1-6,8H2,(H,15,16,17). The minimum atomic E-state index is -0.104. The highest BCUT2D eigenvalue weighted by Gasteiger charge is 2.26. The number of rotatable bonds is 4. The fourth-order valence-corrected chi connectivity index (χ4v) is 2.33. The SMILES string of the molecule is O=c1cc(OCC2CCNCC2)nc(C2CC2)[nH]1. The van der Waals surface area contributed by atoms with E-state index in [0.29, 0.717) is 24.3 Å². The molecular formula is C13H19N3O2. The Kier molecular flexibility index (Phi) is 3.32. The molecule has 1 aliphatic heterocycles. The van der Waals surface area contributed by atoms with Crippen LogP contribution in [-0.2, 0) is 0 Å². The van der Waals surface area contributed by atoms with E-state index in [1.807, 2.05) is 0 Å². The van der Waals surface area contributed by atoms with Crippen LogP contribution in [0.5, 0.6) is 5.88 Å². The number of nitrogens with one attached hydrogen (secondary N) is 2. The van der Waals surface area contributed by atoms with E-state index in [2.05, 4.69) is 15.3 Å². The zero-order chi connectivity index (χ0) is 12.4. The van der Waals surface area contributed by atoms with Gasteiger partial charge in [-0.1, -0.05) is 0 Å². The van der Waals surface area contributed by atoms with Gasteiger partial charge in [-0.3, -0.25) is 4.79 Å². The van der Waals surface area contributed by atoms with Gasteiger partial charge in [0.05, 0.1) is 12.7 Å². The van der Waals surface area contributed by atoms with E-state index in [4.69, 9.17) is 4.74 Å². The Labute approximate surface area is 106 Å². The van der Waals surface area contributed by atoms with Crippen LogP contribution in [0.1, 0.15) is 37.4 Å². The van der Waals surface area contributed by atoms with Crippen molar-refractivity contribution in [1.82, 2.24) is 15.3 Å². The van der Waals surface area contributed by atoms with Crippen molar-refractivity contribution in [1.29, 1.82) is 0 Å². The van der Waals surface area contributed by atoms with Crippen LogP contribution < -0.4 is 15.6 Å². The first-order valence-electron chi connectivity index (χ1n) is 6.76. The number of hydrogen-bond donors (Lipinski definition) is 2. The van der Waals surface area contributed by atoms with Gasteiger partial charge in [0, 0.05) is 5.92 Å². The second-order valence-corrected chi connectivity index (χ2v) is 5.25. The van der Waals surface area contributed by atoms with E-state index in [1.54, 1.807) is 0 Å². The minimum Gasteiger partial charge on any atom is -0.477 e. The highest BCUT2D eigenvalue weighted by atomic mass is 16.5. The molecule has 0 unspecified atom stereocenters. The molecule has 1 aliphatic carbocycles. The summed E-state index contributed by atoms with van der Waals surface area (Å²) < 4.78 is 5.69. The number of ether oxygens (including phenoxy) is 1. The lowest BCUT2D eigenvalue weighted by molar-refractivity contribution is 0.208. The van der Waals surface area contributed by atoms with Crippen molar-refractivity contribution in [2.75, 3.05) is 19.7 Å². The maximum absolute atomic E-state index is 11.5. The zero-order valence-corrected chi connectivity index (χ0v) is 10.4. The Morgan fingerprint density at radius 2 is 2.06 bits per heavy atom. The first-order valence-corrected chi connectivity index (χ1v) is 6.76. The maximum atomic E-state index is 11.5. The number of hydrogen-bond acceptors (Lipinski definition) is 4. The third kappa shape index (κ3) is 2.90. The van der Waals surface area contributed by atoms with Gasteiger partial charge >= 0.3 is 0 Å². The molecule has 98 valence electrons. The van der Waals surface area contributed by atoms with Crippen molar-refractivity contribution in [3.05, 3.63) is 22.2 Å². The van der Waals surface area contributed by atoms with E-state index in [9.17, 15) is 4.79 Å². The first kappa shape index (κ1) is 11.7. The second-order valence-electron chi connectivity index (χ2n) is 5.25. The van der Waals surface area contributed by atoms with Crippen molar-refractivity contribution in [3.63, 3.8) is 0 Å². The van der Waals surface area contributed by atoms with Crippen LogP contribution in [-0.4, -0.2) is 29.7 Å². The van der Waals surface area contributed by atoms with Crippen LogP contribution >= 0.6 is 0 Å². The fourth-order valence-electron chi connectivity index (χ4n) is 2.33. The largest absolute Gasteiger partial charge is 0.477 e. The summed E-state index contributed by atoms with van der Waals surface area (Å²) in [6, 6.07) is 1.45. The van der Waals surface area contributed by atoms with Crippen LogP contribution in [0.2, 0.25) is 0 Å². The number of piperidine rings is 1. The van der Waals surface area contributed by atoms with Crippen molar-refractivity contribution in [3.8, 4) is 5.88 Å². The van der Waals surface area contributed by atoms with Gasteiger partial charge in [-0.15, -0.1) is 0 Å². The molecule has 1 saturated carbocycles.